The summed E-state index contributed by atoms with van der Waals surface area (Å²) in [4.78, 5) is 11.5. The van der Waals surface area contributed by atoms with Gasteiger partial charge in [-0.15, -0.1) is 35.3 Å². The number of thiazole rings is 1. The third-order valence-corrected chi connectivity index (χ3v) is 5.17. The van der Waals surface area contributed by atoms with E-state index >= 15 is 0 Å². The molecule has 1 N–H and O–H groups in total. The SMILES string of the molecule is CCNC(=NCCc1csc(CC)n1)N(C)Cc1ccc(OC)cc1OC.I. The Bertz CT molecular complexity index is 752. The standard InChI is InChI=1S/C20H30N4O2S.HI/c1-6-19-23-16(14-27-19)10-11-22-20(21-7-2)24(3)13-15-8-9-17(25-4)12-18(15)26-5;/h8-9,12,14H,6-7,10-11,13H2,1-5H3,(H,21,22);1H. The summed E-state index contributed by atoms with van der Waals surface area (Å²) >= 11 is 1.72. The molecule has 0 saturated carbocycles. The van der Waals surface area contributed by atoms with Crippen molar-refractivity contribution < 1.29 is 9.47 Å². The first-order chi connectivity index (χ1) is 13.1. The van der Waals surface area contributed by atoms with Crippen LogP contribution < -0.4 is 14.8 Å². The molecule has 2 aromatic rings. The number of aromatic nitrogens is 1. The maximum Gasteiger partial charge on any atom is 0.193 e. The molecule has 1 aromatic carbocycles. The Morgan fingerprint density at radius 3 is 2.64 bits per heavy atom. The minimum Gasteiger partial charge on any atom is -0.497 e. The predicted molar refractivity (Wildman–Crippen MR) is 128 cm³/mol. The Morgan fingerprint density at radius 1 is 1.25 bits per heavy atom. The van der Waals surface area contributed by atoms with Gasteiger partial charge < -0.3 is 19.7 Å². The highest BCUT2D eigenvalue weighted by molar-refractivity contribution is 14.0. The molecule has 0 aliphatic rings. The number of nitrogens with zero attached hydrogens (tertiary/aromatic N) is 3. The van der Waals surface area contributed by atoms with Crippen LogP contribution in [0.2, 0.25) is 0 Å². The zero-order valence-corrected chi connectivity index (χ0v) is 20.5. The van der Waals surface area contributed by atoms with E-state index in [1.54, 1.807) is 25.6 Å². The van der Waals surface area contributed by atoms with Gasteiger partial charge in [-0.2, -0.15) is 0 Å². The van der Waals surface area contributed by atoms with Crippen LogP contribution in [0.4, 0.5) is 0 Å². The fourth-order valence-electron chi connectivity index (χ4n) is 2.69. The van der Waals surface area contributed by atoms with Crippen LogP contribution in [0.5, 0.6) is 11.5 Å². The van der Waals surface area contributed by atoms with Crippen LogP contribution in [0, 0.1) is 0 Å². The zero-order chi connectivity index (χ0) is 19.6. The quantitative estimate of drug-likeness (QED) is 0.309. The lowest BCUT2D eigenvalue weighted by Crippen LogP contribution is -2.38. The van der Waals surface area contributed by atoms with Gasteiger partial charge in [-0.1, -0.05) is 6.92 Å². The second kappa shape index (κ2) is 12.8. The molecular weight excluding hydrogens is 487 g/mol. The molecule has 156 valence electrons. The van der Waals surface area contributed by atoms with Gasteiger partial charge in [0, 0.05) is 50.1 Å². The number of hydrogen-bond acceptors (Lipinski definition) is 5. The summed E-state index contributed by atoms with van der Waals surface area (Å²) in [5.74, 6) is 2.47. The van der Waals surface area contributed by atoms with E-state index in [9.17, 15) is 0 Å². The minimum atomic E-state index is 0. The Balaban J connectivity index is 0.00000392. The number of benzene rings is 1. The van der Waals surface area contributed by atoms with Crippen molar-refractivity contribution >= 4 is 41.3 Å². The normalized spacial score (nSPS) is 11.0. The summed E-state index contributed by atoms with van der Waals surface area (Å²) in [6.07, 6.45) is 1.84. The molecule has 2 rings (SSSR count). The monoisotopic (exact) mass is 518 g/mol. The van der Waals surface area contributed by atoms with Gasteiger partial charge in [0.05, 0.1) is 24.9 Å². The molecule has 0 aliphatic carbocycles. The molecular formula is C20H31IN4O2S. The molecule has 8 heteroatoms. The van der Waals surface area contributed by atoms with Crippen LogP contribution in [-0.4, -0.2) is 50.2 Å². The van der Waals surface area contributed by atoms with Crippen LogP contribution in [0.3, 0.4) is 0 Å². The molecule has 0 spiro atoms. The molecule has 28 heavy (non-hydrogen) atoms. The van der Waals surface area contributed by atoms with E-state index in [0.717, 1.165) is 48.1 Å². The van der Waals surface area contributed by atoms with E-state index in [4.69, 9.17) is 14.5 Å². The first-order valence-corrected chi connectivity index (χ1v) is 10.1. The summed E-state index contributed by atoms with van der Waals surface area (Å²) in [6.45, 7) is 6.42. The van der Waals surface area contributed by atoms with Crippen molar-refractivity contribution in [3.63, 3.8) is 0 Å². The Morgan fingerprint density at radius 2 is 2.04 bits per heavy atom. The molecule has 0 saturated heterocycles. The summed E-state index contributed by atoms with van der Waals surface area (Å²) in [6, 6.07) is 5.88. The van der Waals surface area contributed by atoms with Crippen molar-refractivity contribution in [1.29, 1.82) is 0 Å². The highest BCUT2D eigenvalue weighted by atomic mass is 127. The van der Waals surface area contributed by atoms with E-state index < -0.39 is 0 Å². The van der Waals surface area contributed by atoms with E-state index in [1.165, 1.54) is 5.01 Å². The van der Waals surface area contributed by atoms with Gasteiger partial charge in [-0.25, -0.2) is 4.98 Å². The van der Waals surface area contributed by atoms with Crippen LogP contribution in [0.25, 0.3) is 0 Å². The first kappa shape index (κ1) is 24.5. The first-order valence-electron chi connectivity index (χ1n) is 9.24. The van der Waals surface area contributed by atoms with Crippen molar-refractivity contribution in [1.82, 2.24) is 15.2 Å². The van der Waals surface area contributed by atoms with Gasteiger partial charge in [0.1, 0.15) is 11.5 Å². The van der Waals surface area contributed by atoms with Crippen LogP contribution >= 0.6 is 35.3 Å². The molecule has 0 atom stereocenters. The number of nitrogens with one attached hydrogen (secondary N) is 1. The number of guanidine groups is 1. The topological polar surface area (TPSA) is 59.0 Å². The van der Waals surface area contributed by atoms with E-state index in [1.807, 2.05) is 25.2 Å². The lowest BCUT2D eigenvalue weighted by molar-refractivity contribution is 0.382. The summed E-state index contributed by atoms with van der Waals surface area (Å²) in [5, 5.41) is 6.67. The number of aliphatic imine (C=N–C) groups is 1. The molecule has 0 unspecified atom stereocenters. The highest BCUT2D eigenvalue weighted by Crippen LogP contribution is 2.25. The number of ether oxygens (including phenoxy) is 2. The number of halogens is 1. The van der Waals surface area contributed by atoms with Crippen molar-refractivity contribution in [2.45, 2.75) is 33.2 Å². The van der Waals surface area contributed by atoms with Crippen molar-refractivity contribution in [2.75, 3.05) is 34.4 Å². The average Bonchev–Trinajstić information content (AvgIpc) is 3.15. The average molecular weight is 518 g/mol. The number of methoxy groups -OCH3 is 2. The van der Waals surface area contributed by atoms with E-state index in [0.29, 0.717) is 13.1 Å². The van der Waals surface area contributed by atoms with E-state index in [-0.39, 0.29) is 24.0 Å². The highest BCUT2D eigenvalue weighted by Gasteiger charge is 2.11. The van der Waals surface area contributed by atoms with Gasteiger partial charge >= 0.3 is 0 Å². The summed E-state index contributed by atoms with van der Waals surface area (Å²) in [7, 11) is 5.36. The van der Waals surface area contributed by atoms with Gasteiger partial charge in [-0.05, 0) is 25.5 Å². The molecule has 1 aromatic heterocycles. The van der Waals surface area contributed by atoms with Crippen LogP contribution in [-0.2, 0) is 19.4 Å². The van der Waals surface area contributed by atoms with Gasteiger partial charge in [-0.3, -0.25) is 4.99 Å². The number of hydrogen-bond donors (Lipinski definition) is 1. The lowest BCUT2D eigenvalue weighted by atomic mass is 10.2. The van der Waals surface area contributed by atoms with Crippen LogP contribution in [0.15, 0.2) is 28.6 Å². The molecule has 1 heterocycles. The maximum atomic E-state index is 5.51. The third kappa shape index (κ3) is 7.12. The summed E-state index contributed by atoms with van der Waals surface area (Å²) in [5.41, 5.74) is 2.20. The Kier molecular flexibility index (Phi) is 11.2. The van der Waals surface area contributed by atoms with Gasteiger partial charge in [0.2, 0.25) is 0 Å². The molecule has 0 amide bonds. The van der Waals surface area contributed by atoms with Gasteiger partial charge in [0.15, 0.2) is 5.96 Å². The largest absolute Gasteiger partial charge is 0.497 e. The van der Waals surface area contributed by atoms with Crippen molar-refractivity contribution in [2.24, 2.45) is 4.99 Å². The molecule has 0 bridgehead atoms. The second-order valence-electron chi connectivity index (χ2n) is 6.11. The zero-order valence-electron chi connectivity index (χ0n) is 17.3. The predicted octanol–water partition coefficient (Wildman–Crippen LogP) is 3.98. The molecule has 6 nitrogen and oxygen atoms in total. The van der Waals surface area contributed by atoms with Crippen molar-refractivity contribution in [3.8, 4) is 11.5 Å². The minimum absolute atomic E-state index is 0. The number of rotatable bonds is 9. The second-order valence-corrected chi connectivity index (χ2v) is 7.05. The summed E-state index contributed by atoms with van der Waals surface area (Å²) < 4.78 is 10.8. The maximum absolute atomic E-state index is 5.51. The van der Waals surface area contributed by atoms with E-state index in [2.05, 4.69) is 34.4 Å². The molecule has 0 radical (unpaired) electrons. The molecule has 0 aliphatic heterocycles. The Hall–Kier alpha value is -1.55. The number of aryl methyl sites for hydroxylation is 1. The molecule has 0 fully saturated rings. The Labute approximate surface area is 189 Å². The lowest BCUT2D eigenvalue weighted by Gasteiger charge is -2.23. The van der Waals surface area contributed by atoms with Gasteiger partial charge in [0.25, 0.3) is 0 Å². The van der Waals surface area contributed by atoms with Crippen LogP contribution in [0.1, 0.15) is 30.1 Å². The van der Waals surface area contributed by atoms with Crippen molar-refractivity contribution in [3.05, 3.63) is 39.8 Å². The smallest absolute Gasteiger partial charge is 0.193 e. The fraction of sp³-hybridized carbons (Fsp3) is 0.500. The fourth-order valence-corrected chi connectivity index (χ4v) is 3.46. The third-order valence-electron chi connectivity index (χ3n) is 4.13.